The van der Waals surface area contributed by atoms with Crippen molar-refractivity contribution < 1.29 is 18.9 Å². The highest BCUT2D eigenvalue weighted by molar-refractivity contribution is 5.93. The molecule has 3 aromatic rings. The zero-order chi connectivity index (χ0) is 18.1. The maximum Gasteiger partial charge on any atom is 0.273 e. The van der Waals surface area contributed by atoms with E-state index in [-0.39, 0.29) is 29.5 Å². The average molecular weight is 354 g/mol. The number of nitrogens with one attached hydrogen (secondary N) is 1. The van der Waals surface area contributed by atoms with Crippen molar-refractivity contribution in [2.24, 2.45) is 0 Å². The van der Waals surface area contributed by atoms with Crippen LogP contribution in [0.2, 0.25) is 0 Å². The zero-order valence-corrected chi connectivity index (χ0v) is 14.1. The molecule has 0 saturated heterocycles. The van der Waals surface area contributed by atoms with Crippen LogP contribution in [0.1, 0.15) is 54.0 Å². The second kappa shape index (κ2) is 6.72. The van der Waals surface area contributed by atoms with Crippen LogP contribution in [-0.4, -0.2) is 32.4 Å². The van der Waals surface area contributed by atoms with Gasteiger partial charge in [0.05, 0.1) is 0 Å². The Hall–Kier alpha value is -3.00. The number of hydrogen-bond acceptors (Lipinski definition) is 7. The van der Waals surface area contributed by atoms with Crippen molar-refractivity contribution in [1.29, 1.82) is 0 Å². The number of hydrogen-bond donors (Lipinski definition) is 2. The van der Waals surface area contributed by atoms with Crippen molar-refractivity contribution in [3.8, 4) is 11.3 Å². The summed E-state index contributed by atoms with van der Waals surface area (Å²) >= 11 is 0. The van der Waals surface area contributed by atoms with Gasteiger partial charge in [0.1, 0.15) is 6.10 Å². The van der Waals surface area contributed by atoms with Gasteiger partial charge in [-0.05, 0) is 19.8 Å². The van der Waals surface area contributed by atoms with E-state index < -0.39 is 6.10 Å². The van der Waals surface area contributed by atoms with Gasteiger partial charge in [-0.3, -0.25) is 4.79 Å². The molecule has 1 atom stereocenters. The van der Waals surface area contributed by atoms with Crippen molar-refractivity contribution in [3.63, 3.8) is 0 Å². The molecule has 4 rings (SSSR count). The van der Waals surface area contributed by atoms with Crippen molar-refractivity contribution in [3.05, 3.63) is 53.8 Å². The molecule has 0 radical (unpaired) electrons. The van der Waals surface area contributed by atoms with E-state index in [1.807, 2.05) is 30.3 Å². The number of benzene rings is 1. The minimum Gasteiger partial charge on any atom is -0.384 e. The first kappa shape index (κ1) is 16.5. The highest BCUT2D eigenvalue weighted by Crippen LogP contribution is 2.35. The lowest BCUT2D eigenvalue weighted by molar-refractivity contribution is 0.0898. The number of amides is 1. The monoisotopic (exact) mass is 354 g/mol. The van der Waals surface area contributed by atoms with Gasteiger partial charge in [-0.25, -0.2) is 0 Å². The molecule has 0 aliphatic heterocycles. The van der Waals surface area contributed by atoms with E-state index in [2.05, 4.69) is 20.6 Å². The van der Waals surface area contributed by atoms with Crippen LogP contribution >= 0.6 is 0 Å². The molecule has 1 aliphatic rings. The topological polar surface area (TPSA) is 114 Å². The highest BCUT2D eigenvalue weighted by atomic mass is 16.5. The van der Waals surface area contributed by atoms with E-state index in [0.717, 1.165) is 5.56 Å². The summed E-state index contributed by atoms with van der Waals surface area (Å²) in [5, 5.41) is 20.1. The fourth-order valence-corrected chi connectivity index (χ4v) is 2.91. The third kappa shape index (κ3) is 3.23. The van der Waals surface area contributed by atoms with Crippen LogP contribution in [0.5, 0.6) is 0 Å². The van der Waals surface area contributed by atoms with Gasteiger partial charge in [0.2, 0.25) is 0 Å². The molecule has 2 aromatic heterocycles. The summed E-state index contributed by atoms with van der Waals surface area (Å²) in [5.74, 6) is 1.19. The van der Waals surface area contributed by atoms with Gasteiger partial charge in [0.15, 0.2) is 17.3 Å². The Morgan fingerprint density at radius 2 is 2.00 bits per heavy atom. The lowest BCUT2D eigenvalue weighted by Gasteiger charge is -2.33. The van der Waals surface area contributed by atoms with Crippen LogP contribution in [-0.2, 0) is 0 Å². The van der Waals surface area contributed by atoms with Gasteiger partial charge < -0.3 is 19.5 Å². The van der Waals surface area contributed by atoms with Crippen LogP contribution in [0.4, 0.5) is 0 Å². The predicted molar refractivity (Wildman–Crippen MR) is 90.1 cm³/mol. The van der Waals surface area contributed by atoms with Gasteiger partial charge in [0, 0.05) is 23.6 Å². The molecule has 0 unspecified atom stereocenters. The fourth-order valence-electron chi connectivity index (χ4n) is 2.91. The molecule has 0 bridgehead atoms. The predicted octanol–water partition coefficient (Wildman–Crippen LogP) is 2.45. The van der Waals surface area contributed by atoms with Crippen molar-refractivity contribution in [2.75, 3.05) is 0 Å². The fraction of sp³-hybridized carbons (Fsp3) is 0.333. The number of rotatable bonds is 5. The van der Waals surface area contributed by atoms with E-state index in [4.69, 9.17) is 9.05 Å². The Balaban J connectivity index is 1.33. The Bertz CT molecular complexity index is 897. The molecule has 8 heteroatoms. The van der Waals surface area contributed by atoms with Crippen LogP contribution < -0.4 is 5.32 Å². The molecule has 8 nitrogen and oxygen atoms in total. The van der Waals surface area contributed by atoms with E-state index in [1.54, 1.807) is 13.0 Å². The van der Waals surface area contributed by atoms with E-state index in [9.17, 15) is 9.90 Å². The molecule has 2 N–H and O–H groups in total. The number of nitrogens with zero attached hydrogens (tertiary/aromatic N) is 3. The molecular weight excluding hydrogens is 336 g/mol. The summed E-state index contributed by atoms with van der Waals surface area (Å²) in [4.78, 5) is 16.5. The molecule has 1 fully saturated rings. The van der Waals surface area contributed by atoms with Crippen LogP contribution in [0.3, 0.4) is 0 Å². The van der Waals surface area contributed by atoms with Crippen molar-refractivity contribution in [2.45, 2.75) is 37.8 Å². The van der Waals surface area contributed by atoms with Gasteiger partial charge in [-0.2, -0.15) is 4.98 Å². The van der Waals surface area contributed by atoms with E-state index in [1.165, 1.54) is 0 Å². The minimum atomic E-state index is -0.780. The minimum absolute atomic E-state index is 0.0258. The van der Waals surface area contributed by atoms with E-state index in [0.29, 0.717) is 24.4 Å². The Labute approximate surface area is 149 Å². The number of aliphatic hydroxyl groups is 1. The lowest BCUT2D eigenvalue weighted by Crippen LogP contribution is -2.43. The Kier molecular flexibility index (Phi) is 4.26. The maximum atomic E-state index is 12.3. The summed E-state index contributed by atoms with van der Waals surface area (Å²) in [6, 6.07) is 11.2. The standard InChI is InChI=1S/C18H18N4O4/c1-10(23)18-20-16(22-26-18)12-7-13(8-12)19-17(24)14-9-15(25-21-14)11-5-3-2-4-6-11/h2-6,9-10,12-13,23H,7-8H2,1H3,(H,19,24)/t10-,12-,13+/m1/s1. The summed E-state index contributed by atoms with van der Waals surface area (Å²) < 4.78 is 10.2. The zero-order valence-electron chi connectivity index (χ0n) is 14.1. The van der Waals surface area contributed by atoms with Crippen LogP contribution in [0, 0.1) is 0 Å². The molecule has 0 spiro atoms. The third-order valence-corrected chi connectivity index (χ3v) is 4.45. The number of aliphatic hydroxyl groups excluding tert-OH is 1. The quantitative estimate of drug-likeness (QED) is 0.723. The first-order valence-corrected chi connectivity index (χ1v) is 8.44. The van der Waals surface area contributed by atoms with Gasteiger partial charge in [-0.1, -0.05) is 40.6 Å². The van der Waals surface area contributed by atoms with Crippen molar-refractivity contribution in [1.82, 2.24) is 20.6 Å². The molecule has 1 amide bonds. The first-order valence-electron chi connectivity index (χ1n) is 8.44. The second-order valence-electron chi connectivity index (χ2n) is 6.45. The average Bonchev–Trinajstić information content (AvgIpc) is 3.28. The van der Waals surface area contributed by atoms with Crippen LogP contribution in [0.15, 0.2) is 45.4 Å². The molecule has 26 heavy (non-hydrogen) atoms. The van der Waals surface area contributed by atoms with Gasteiger partial charge in [0.25, 0.3) is 11.8 Å². The summed E-state index contributed by atoms with van der Waals surface area (Å²) in [6.07, 6.45) is 0.653. The molecule has 1 aromatic carbocycles. The van der Waals surface area contributed by atoms with E-state index >= 15 is 0 Å². The molecule has 1 saturated carbocycles. The first-order chi connectivity index (χ1) is 12.6. The number of aromatic nitrogens is 3. The Morgan fingerprint density at radius 3 is 2.69 bits per heavy atom. The Morgan fingerprint density at radius 1 is 1.23 bits per heavy atom. The van der Waals surface area contributed by atoms with Crippen LogP contribution in [0.25, 0.3) is 11.3 Å². The van der Waals surface area contributed by atoms with Crippen molar-refractivity contribution >= 4 is 5.91 Å². The smallest absolute Gasteiger partial charge is 0.273 e. The molecular formula is C18H18N4O4. The second-order valence-corrected chi connectivity index (χ2v) is 6.45. The molecule has 1 aliphatic carbocycles. The third-order valence-electron chi connectivity index (χ3n) is 4.45. The largest absolute Gasteiger partial charge is 0.384 e. The summed E-state index contributed by atoms with van der Waals surface area (Å²) in [5.41, 5.74) is 1.12. The molecule has 2 heterocycles. The summed E-state index contributed by atoms with van der Waals surface area (Å²) in [6.45, 7) is 1.57. The SMILES string of the molecule is C[C@@H](O)c1nc([C@H]2C[C@@H](NC(=O)c3cc(-c4ccccc4)on3)C2)no1. The normalized spacial score (nSPS) is 20.4. The number of carbonyl (C=O) groups excluding carboxylic acids is 1. The highest BCUT2D eigenvalue weighted by Gasteiger charge is 2.35. The molecule has 134 valence electrons. The number of carbonyl (C=O) groups is 1. The van der Waals surface area contributed by atoms with Gasteiger partial charge >= 0.3 is 0 Å². The van der Waals surface area contributed by atoms with Gasteiger partial charge in [-0.15, -0.1) is 0 Å². The maximum absolute atomic E-state index is 12.3. The summed E-state index contributed by atoms with van der Waals surface area (Å²) in [7, 11) is 0. The lowest BCUT2D eigenvalue weighted by atomic mass is 9.79.